The molecule has 0 saturated carbocycles. The van der Waals surface area contributed by atoms with Gasteiger partial charge in [0.05, 0.1) is 10.4 Å². The first-order valence-electron chi connectivity index (χ1n) is 7.12. The molecule has 2 aromatic carbocycles. The molecule has 0 aliphatic rings. The van der Waals surface area contributed by atoms with Gasteiger partial charge in [0, 0.05) is 29.8 Å². The lowest BCUT2D eigenvalue weighted by molar-refractivity contribution is -0.114. The third kappa shape index (κ3) is 2.69. The van der Waals surface area contributed by atoms with Gasteiger partial charge in [-0.2, -0.15) is 0 Å². The molecular weight excluding hydrogens is 328 g/mol. The number of rotatable bonds is 4. The molecule has 0 bridgehead atoms. The maximum atomic E-state index is 12.9. The van der Waals surface area contributed by atoms with Crippen molar-refractivity contribution in [2.75, 3.05) is 5.32 Å². The minimum absolute atomic E-state index is 0.0646. The van der Waals surface area contributed by atoms with E-state index in [-0.39, 0.29) is 10.8 Å². The molecule has 3 aromatic rings. The minimum Gasteiger partial charge on any atom is -0.326 e. The van der Waals surface area contributed by atoms with Crippen molar-refractivity contribution in [1.29, 1.82) is 0 Å². The Morgan fingerprint density at radius 2 is 1.75 bits per heavy atom. The van der Waals surface area contributed by atoms with Crippen molar-refractivity contribution >= 4 is 38.8 Å². The molecule has 1 N–H and O–H groups in total. The molecule has 1 heterocycles. The molecule has 0 spiro atoms. The van der Waals surface area contributed by atoms with E-state index in [2.05, 4.69) is 5.32 Å². The van der Waals surface area contributed by atoms with Crippen LogP contribution in [0.5, 0.6) is 0 Å². The normalized spacial score (nSPS) is 11.4. The van der Waals surface area contributed by atoms with Crippen LogP contribution in [-0.4, -0.2) is 24.6 Å². The molecule has 122 valence electrons. The number of fused-ring (bicyclic) bond motifs is 1. The third-order valence-corrected chi connectivity index (χ3v) is 5.26. The fourth-order valence-corrected chi connectivity index (χ4v) is 3.87. The highest BCUT2D eigenvalue weighted by Gasteiger charge is 2.21. The van der Waals surface area contributed by atoms with E-state index in [4.69, 9.17) is 0 Å². The average molecular weight is 342 g/mol. The molecule has 0 aliphatic carbocycles. The van der Waals surface area contributed by atoms with Crippen molar-refractivity contribution in [2.45, 2.75) is 11.8 Å². The van der Waals surface area contributed by atoms with E-state index < -0.39 is 10.0 Å². The van der Waals surface area contributed by atoms with Gasteiger partial charge in [-0.15, -0.1) is 0 Å². The number of nitrogens with zero attached hydrogens (tertiary/aromatic N) is 1. The van der Waals surface area contributed by atoms with Gasteiger partial charge in [0.25, 0.3) is 10.0 Å². The molecule has 0 atom stereocenters. The maximum absolute atomic E-state index is 12.9. The summed E-state index contributed by atoms with van der Waals surface area (Å²) in [5.74, 6) is -0.238. The lowest BCUT2D eigenvalue weighted by Gasteiger charge is -2.08. The summed E-state index contributed by atoms with van der Waals surface area (Å²) in [6.45, 7) is 1.37. The lowest BCUT2D eigenvalue weighted by atomic mass is 10.2. The first-order chi connectivity index (χ1) is 11.4. The van der Waals surface area contributed by atoms with Gasteiger partial charge in [0.15, 0.2) is 6.29 Å². The molecule has 3 rings (SSSR count). The summed E-state index contributed by atoms with van der Waals surface area (Å²) in [6, 6.07) is 12.7. The lowest BCUT2D eigenvalue weighted by Crippen LogP contribution is -2.12. The number of benzene rings is 2. The highest BCUT2D eigenvalue weighted by molar-refractivity contribution is 7.90. The average Bonchev–Trinajstić information content (AvgIpc) is 2.94. The summed E-state index contributed by atoms with van der Waals surface area (Å²) in [5, 5.41) is 3.15. The van der Waals surface area contributed by atoms with E-state index in [0.29, 0.717) is 28.4 Å². The van der Waals surface area contributed by atoms with Crippen LogP contribution in [0.15, 0.2) is 59.6 Å². The van der Waals surface area contributed by atoms with Gasteiger partial charge < -0.3 is 5.32 Å². The van der Waals surface area contributed by atoms with E-state index in [1.54, 1.807) is 24.3 Å². The Labute approximate surface area is 138 Å². The Kier molecular flexibility index (Phi) is 3.94. The first kappa shape index (κ1) is 15.9. The number of para-hydroxylation sites is 1. The van der Waals surface area contributed by atoms with Crippen molar-refractivity contribution in [3.8, 4) is 0 Å². The summed E-state index contributed by atoms with van der Waals surface area (Å²) in [7, 11) is -3.85. The molecule has 0 saturated heterocycles. The quantitative estimate of drug-likeness (QED) is 0.739. The Bertz CT molecular complexity index is 1030. The summed E-state index contributed by atoms with van der Waals surface area (Å²) >= 11 is 0. The smallest absolute Gasteiger partial charge is 0.268 e. The standard InChI is InChI=1S/C17H14N2O4S/c1-12(21)18-14-6-8-15(9-7-14)24(22,23)19-10-13(11-20)16-4-2-3-5-17(16)19/h2-11H,1H3,(H,18,21). The molecular formula is C17H14N2O4S. The van der Waals surface area contributed by atoms with Gasteiger partial charge in [-0.3, -0.25) is 9.59 Å². The second kappa shape index (κ2) is 5.93. The number of amides is 1. The van der Waals surface area contributed by atoms with Gasteiger partial charge in [-0.1, -0.05) is 18.2 Å². The van der Waals surface area contributed by atoms with Gasteiger partial charge in [0.1, 0.15) is 0 Å². The van der Waals surface area contributed by atoms with E-state index in [0.717, 1.165) is 3.97 Å². The van der Waals surface area contributed by atoms with Crippen LogP contribution in [0.2, 0.25) is 0 Å². The third-order valence-electron chi connectivity index (χ3n) is 3.57. The van der Waals surface area contributed by atoms with Crippen LogP contribution in [-0.2, 0) is 14.8 Å². The number of hydrogen-bond acceptors (Lipinski definition) is 4. The monoisotopic (exact) mass is 342 g/mol. The highest BCUT2D eigenvalue weighted by Crippen LogP contribution is 2.25. The molecule has 7 heteroatoms. The summed E-state index contributed by atoms with van der Waals surface area (Å²) in [4.78, 5) is 22.3. The number of hydrogen-bond donors (Lipinski definition) is 1. The minimum atomic E-state index is -3.85. The SMILES string of the molecule is CC(=O)Nc1ccc(S(=O)(=O)n2cc(C=O)c3ccccc32)cc1. The second-order valence-corrected chi connectivity index (χ2v) is 7.04. The molecule has 1 amide bonds. The van der Waals surface area contributed by atoms with Crippen molar-refractivity contribution < 1.29 is 18.0 Å². The number of aldehydes is 1. The van der Waals surface area contributed by atoms with Gasteiger partial charge in [-0.25, -0.2) is 12.4 Å². The molecule has 6 nitrogen and oxygen atoms in total. The van der Waals surface area contributed by atoms with Crippen molar-refractivity contribution in [2.24, 2.45) is 0 Å². The van der Waals surface area contributed by atoms with Crippen LogP contribution in [0, 0.1) is 0 Å². The fraction of sp³-hybridized carbons (Fsp3) is 0.0588. The number of nitrogens with one attached hydrogen (secondary N) is 1. The highest BCUT2D eigenvalue weighted by atomic mass is 32.2. The molecule has 0 radical (unpaired) electrons. The van der Waals surface area contributed by atoms with E-state index in [1.165, 1.54) is 37.4 Å². The largest absolute Gasteiger partial charge is 0.326 e. The van der Waals surface area contributed by atoms with Gasteiger partial charge in [-0.05, 0) is 30.3 Å². The van der Waals surface area contributed by atoms with Crippen LogP contribution in [0.25, 0.3) is 10.9 Å². The number of anilines is 1. The number of carbonyl (C=O) groups excluding carboxylic acids is 2. The Balaban J connectivity index is 2.11. The van der Waals surface area contributed by atoms with Gasteiger partial charge in [0.2, 0.25) is 5.91 Å². The summed E-state index contributed by atoms with van der Waals surface area (Å²) in [6.07, 6.45) is 1.95. The topological polar surface area (TPSA) is 85.2 Å². The summed E-state index contributed by atoms with van der Waals surface area (Å²) in [5.41, 5.74) is 1.25. The Morgan fingerprint density at radius 3 is 2.38 bits per heavy atom. The number of carbonyl (C=O) groups is 2. The predicted octanol–water partition coefficient (Wildman–Crippen LogP) is 2.65. The van der Waals surface area contributed by atoms with E-state index >= 15 is 0 Å². The maximum Gasteiger partial charge on any atom is 0.268 e. The zero-order valence-electron chi connectivity index (χ0n) is 12.8. The van der Waals surface area contributed by atoms with E-state index in [1.807, 2.05) is 0 Å². The fourth-order valence-electron chi connectivity index (χ4n) is 2.50. The van der Waals surface area contributed by atoms with Crippen LogP contribution >= 0.6 is 0 Å². The molecule has 0 aliphatic heterocycles. The first-order valence-corrected chi connectivity index (χ1v) is 8.56. The van der Waals surface area contributed by atoms with Crippen LogP contribution in [0.1, 0.15) is 17.3 Å². The molecule has 1 aromatic heterocycles. The van der Waals surface area contributed by atoms with Crippen molar-refractivity contribution in [1.82, 2.24) is 3.97 Å². The Hall–Kier alpha value is -2.93. The van der Waals surface area contributed by atoms with E-state index in [9.17, 15) is 18.0 Å². The Morgan fingerprint density at radius 1 is 1.08 bits per heavy atom. The van der Waals surface area contributed by atoms with Crippen LogP contribution in [0.3, 0.4) is 0 Å². The van der Waals surface area contributed by atoms with Crippen LogP contribution < -0.4 is 5.32 Å². The van der Waals surface area contributed by atoms with Crippen molar-refractivity contribution in [3.05, 3.63) is 60.3 Å². The summed E-state index contributed by atoms with van der Waals surface area (Å²) < 4.78 is 26.8. The number of aromatic nitrogens is 1. The van der Waals surface area contributed by atoms with Crippen molar-refractivity contribution in [3.63, 3.8) is 0 Å². The van der Waals surface area contributed by atoms with Crippen LogP contribution in [0.4, 0.5) is 5.69 Å². The zero-order valence-corrected chi connectivity index (χ0v) is 13.6. The second-order valence-electron chi connectivity index (χ2n) is 5.23. The zero-order chi connectivity index (χ0) is 17.3. The van der Waals surface area contributed by atoms with Gasteiger partial charge >= 0.3 is 0 Å². The molecule has 24 heavy (non-hydrogen) atoms. The molecule has 0 fully saturated rings. The molecule has 0 unspecified atom stereocenters. The predicted molar refractivity (Wildman–Crippen MR) is 90.7 cm³/mol.